The minimum absolute atomic E-state index is 0. The molecule has 92 valence electrons. The number of nitrogens with one attached hydrogen (secondary N) is 2. The van der Waals surface area contributed by atoms with E-state index in [0.29, 0.717) is 13.2 Å². The van der Waals surface area contributed by atoms with Crippen molar-refractivity contribution in [1.29, 1.82) is 0 Å². The largest absolute Gasteiger partial charge is 0.381 e. The molecule has 2 heterocycles. The topological polar surface area (TPSA) is 93.4 Å². The van der Waals surface area contributed by atoms with Gasteiger partial charge in [0.2, 0.25) is 0 Å². The summed E-state index contributed by atoms with van der Waals surface area (Å²) in [6.45, 7) is 1.38. The van der Waals surface area contributed by atoms with Crippen molar-refractivity contribution >= 4 is 24.3 Å². The molecule has 16 heavy (non-hydrogen) atoms. The second-order valence-corrected chi connectivity index (χ2v) is 3.97. The Bertz CT molecular complexity index is 294. The number of ether oxygens (including phenoxy) is 1. The Morgan fingerprint density at radius 3 is 2.44 bits per heavy atom. The van der Waals surface area contributed by atoms with Crippen LogP contribution < -0.4 is 16.4 Å². The van der Waals surface area contributed by atoms with Crippen molar-refractivity contribution in [3.05, 3.63) is 0 Å². The van der Waals surface area contributed by atoms with Gasteiger partial charge in [-0.2, -0.15) is 0 Å². The molecule has 3 amide bonds. The average molecular weight is 250 g/mol. The summed E-state index contributed by atoms with van der Waals surface area (Å²) in [5.74, 6) is -0.232. The molecule has 2 rings (SSSR count). The van der Waals surface area contributed by atoms with Gasteiger partial charge in [-0.3, -0.25) is 10.1 Å². The summed E-state index contributed by atoms with van der Waals surface area (Å²) < 4.78 is 5.23. The van der Waals surface area contributed by atoms with Gasteiger partial charge in [0.25, 0.3) is 5.91 Å². The van der Waals surface area contributed by atoms with Gasteiger partial charge >= 0.3 is 6.03 Å². The van der Waals surface area contributed by atoms with Gasteiger partial charge in [-0.15, -0.1) is 12.4 Å². The lowest BCUT2D eigenvalue weighted by Crippen LogP contribution is -2.59. The van der Waals surface area contributed by atoms with Crippen molar-refractivity contribution in [2.45, 2.75) is 18.4 Å². The maximum atomic E-state index is 11.7. The summed E-state index contributed by atoms with van der Waals surface area (Å²) in [4.78, 5) is 22.9. The van der Waals surface area contributed by atoms with E-state index in [1.807, 2.05) is 0 Å². The number of carbonyl (C=O) groups excluding carboxylic acids is 2. The Morgan fingerprint density at radius 1 is 1.38 bits per heavy atom. The molecule has 2 aliphatic rings. The monoisotopic (exact) mass is 249 g/mol. The smallest absolute Gasteiger partial charge is 0.322 e. The Labute approximate surface area is 99.7 Å². The number of rotatable bonds is 2. The van der Waals surface area contributed by atoms with Gasteiger partial charge in [0.15, 0.2) is 0 Å². The van der Waals surface area contributed by atoms with Gasteiger partial charge < -0.3 is 15.8 Å². The zero-order chi connectivity index (χ0) is 10.9. The third kappa shape index (κ3) is 2.00. The van der Waals surface area contributed by atoms with Crippen LogP contribution in [0.3, 0.4) is 0 Å². The van der Waals surface area contributed by atoms with E-state index in [4.69, 9.17) is 10.5 Å². The molecule has 1 atom stereocenters. The molecule has 0 saturated carbocycles. The third-order valence-electron chi connectivity index (χ3n) is 3.21. The molecule has 2 saturated heterocycles. The number of carbonyl (C=O) groups is 2. The minimum atomic E-state index is -0.916. The van der Waals surface area contributed by atoms with E-state index < -0.39 is 11.6 Å². The van der Waals surface area contributed by atoms with Crippen LogP contribution in [0.2, 0.25) is 0 Å². The SMILES string of the molecule is Cl.NC[C@@]1(C2CCOCC2)NC(=O)NC1=O. The van der Waals surface area contributed by atoms with Crippen molar-refractivity contribution in [1.82, 2.24) is 10.6 Å². The summed E-state index contributed by atoms with van der Waals surface area (Å²) in [6, 6.07) is -0.447. The van der Waals surface area contributed by atoms with E-state index >= 15 is 0 Å². The Balaban J connectivity index is 0.00000128. The highest BCUT2D eigenvalue weighted by molar-refractivity contribution is 6.07. The lowest BCUT2D eigenvalue weighted by Gasteiger charge is -2.35. The molecule has 7 heteroatoms. The summed E-state index contributed by atoms with van der Waals surface area (Å²) >= 11 is 0. The van der Waals surface area contributed by atoms with Crippen LogP contribution in [0.15, 0.2) is 0 Å². The summed E-state index contributed by atoms with van der Waals surface area (Å²) in [5, 5.41) is 4.90. The molecular weight excluding hydrogens is 234 g/mol. The van der Waals surface area contributed by atoms with Crippen LogP contribution in [0.4, 0.5) is 4.79 Å². The van der Waals surface area contributed by atoms with Crippen LogP contribution in [0.5, 0.6) is 0 Å². The van der Waals surface area contributed by atoms with E-state index in [2.05, 4.69) is 10.6 Å². The van der Waals surface area contributed by atoms with Gasteiger partial charge in [-0.1, -0.05) is 0 Å². The molecule has 0 bridgehead atoms. The summed E-state index contributed by atoms with van der Waals surface area (Å²) in [7, 11) is 0. The summed E-state index contributed by atoms with van der Waals surface area (Å²) in [6.07, 6.45) is 1.51. The molecule has 0 aromatic rings. The first-order chi connectivity index (χ1) is 7.19. The Morgan fingerprint density at radius 2 is 2.00 bits per heavy atom. The van der Waals surface area contributed by atoms with Crippen LogP contribution in [-0.2, 0) is 9.53 Å². The first kappa shape index (κ1) is 13.2. The maximum absolute atomic E-state index is 11.7. The van der Waals surface area contributed by atoms with E-state index in [9.17, 15) is 9.59 Å². The van der Waals surface area contributed by atoms with Gasteiger partial charge in [0.05, 0.1) is 0 Å². The molecule has 0 radical (unpaired) electrons. The van der Waals surface area contributed by atoms with E-state index in [0.717, 1.165) is 12.8 Å². The van der Waals surface area contributed by atoms with Crippen molar-refractivity contribution in [2.24, 2.45) is 11.7 Å². The van der Waals surface area contributed by atoms with Crippen LogP contribution in [0.25, 0.3) is 0 Å². The van der Waals surface area contributed by atoms with Crippen molar-refractivity contribution in [3.63, 3.8) is 0 Å². The maximum Gasteiger partial charge on any atom is 0.322 e. The average Bonchev–Trinajstić information content (AvgIpc) is 2.56. The standard InChI is InChI=1S/C9H15N3O3.ClH/c10-5-9(6-1-3-15-4-2-6)7(13)11-8(14)12-9;/h6H,1-5,10H2,(H2,11,12,13,14);1H/t9-;/m0./s1. The van der Waals surface area contributed by atoms with Gasteiger partial charge in [-0.25, -0.2) is 4.79 Å². The number of imide groups is 1. The van der Waals surface area contributed by atoms with Crippen LogP contribution in [0, 0.1) is 5.92 Å². The zero-order valence-corrected chi connectivity index (χ0v) is 9.64. The number of amides is 3. The van der Waals surface area contributed by atoms with Gasteiger partial charge in [-0.05, 0) is 18.8 Å². The quantitative estimate of drug-likeness (QED) is 0.568. The molecule has 2 aliphatic heterocycles. The molecule has 0 spiro atoms. The normalized spacial score (nSPS) is 30.6. The second-order valence-electron chi connectivity index (χ2n) is 3.97. The second kappa shape index (κ2) is 4.99. The van der Waals surface area contributed by atoms with Crippen LogP contribution in [0.1, 0.15) is 12.8 Å². The predicted octanol–water partition coefficient (Wildman–Crippen LogP) is -0.628. The molecule has 0 unspecified atom stereocenters. The molecule has 0 aliphatic carbocycles. The molecule has 0 aromatic heterocycles. The minimum Gasteiger partial charge on any atom is -0.381 e. The molecule has 0 aromatic carbocycles. The van der Waals surface area contributed by atoms with Gasteiger partial charge in [0.1, 0.15) is 5.54 Å². The number of hydrogen-bond acceptors (Lipinski definition) is 4. The highest BCUT2D eigenvalue weighted by Gasteiger charge is 2.50. The van der Waals surface area contributed by atoms with Crippen molar-refractivity contribution < 1.29 is 14.3 Å². The lowest BCUT2D eigenvalue weighted by atomic mass is 9.79. The highest BCUT2D eigenvalue weighted by Crippen LogP contribution is 2.29. The zero-order valence-electron chi connectivity index (χ0n) is 8.82. The van der Waals surface area contributed by atoms with Crippen molar-refractivity contribution in [3.8, 4) is 0 Å². The van der Waals surface area contributed by atoms with Gasteiger partial charge in [0, 0.05) is 19.8 Å². The fourth-order valence-electron chi connectivity index (χ4n) is 2.29. The Hall–Kier alpha value is -0.850. The van der Waals surface area contributed by atoms with E-state index in [1.54, 1.807) is 0 Å². The number of halogens is 1. The van der Waals surface area contributed by atoms with Crippen molar-refractivity contribution in [2.75, 3.05) is 19.8 Å². The third-order valence-corrected chi connectivity index (χ3v) is 3.21. The van der Waals surface area contributed by atoms with Crippen LogP contribution in [-0.4, -0.2) is 37.2 Å². The van der Waals surface area contributed by atoms with Crippen LogP contribution >= 0.6 is 12.4 Å². The molecule has 2 fully saturated rings. The molecule has 4 N–H and O–H groups in total. The molecular formula is C9H16ClN3O3. The highest BCUT2D eigenvalue weighted by atomic mass is 35.5. The summed E-state index contributed by atoms with van der Waals surface area (Å²) in [5.41, 5.74) is 4.72. The first-order valence-corrected chi connectivity index (χ1v) is 5.10. The fourth-order valence-corrected chi connectivity index (χ4v) is 2.29. The number of hydrogen-bond donors (Lipinski definition) is 3. The Kier molecular flexibility index (Phi) is 4.12. The van der Waals surface area contributed by atoms with E-state index in [-0.39, 0.29) is 30.8 Å². The fraction of sp³-hybridized carbons (Fsp3) is 0.778. The number of nitrogens with two attached hydrogens (primary N) is 1. The number of urea groups is 1. The lowest BCUT2D eigenvalue weighted by molar-refractivity contribution is -0.126. The predicted molar refractivity (Wildman–Crippen MR) is 59.3 cm³/mol. The first-order valence-electron chi connectivity index (χ1n) is 5.10. The molecule has 6 nitrogen and oxygen atoms in total. The van der Waals surface area contributed by atoms with E-state index in [1.165, 1.54) is 0 Å².